The minimum Gasteiger partial charge on any atom is -0.496 e. The van der Waals surface area contributed by atoms with E-state index in [9.17, 15) is 4.79 Å². The highest BCUT2D eigenvalue weighted by Gasteiger charge is 2.10. The fourth-order valence-electron chi connectivity index (χ4n) is 3.38. The van der Waals surface area contributed by atoms with Gasteiger partial charge in [-0.25, -0.2) is 0 Å². The van der Waals surface area contributed by atoms with Crippen molar-refractivity contribution in [2.24, 2.45) is 0 Å². The summed E-state index contributed by atoms with van der Waals surface area (Å²) in [6.45, 7) is 0.209. The standard InChI is InChI=1S/C27H21Cl2NO3/c1-32-26-13-11-19(16-21(26)18-33-27-23(28)8-5-9-24(27)29)10-12-25(31)20-6-4-7-22(17-20)30-14-2-3-15-30/h2-17H,18H2,1H3/b12-10+. The summed E-state index contributed by atoms with van der Waals surface area (Å²) < 4.78 is 13.3. The number of carbonyl (C=O) groups excluding carboxylic acids is 1. The Hall–Kier alpha value is -3.47. The fraction of sp³-hybridized carbons (Fsp3) is 0.0741. The smallest absolute Gasteiger partial charge is 0.185 e. The summed E-state index contributed by atoms with van der Waals surface area (Å²) in [6.07, 6.45) is 7.22. The molecule has 4 rings (SSSR count). The number of ether oxygens (including phenoxy) is 2. The number of benzene rings is 3. The maximum Gasteiger partial charge on any atom is 0.185 e. The molecular weight excluding hydrogens is 457 g/mol. The summed E-state index contributed by atoms with van der Waals surface area (Å²) in [7, 11) is 1.60. The molecule has 4 nitrogen and oxygen atoms in total. The van der Waals surface area contributed by atoms with Crippen LogP contribution in [0.25, 0.3) is 11.8 Å². The first-order chi connectivity index (χ1) is 16.0. The highest BCUT2D eigenvalue weighted by atomic mass is 35.5. The van der Waals surface area contributed by atoms with Crippen LogP contribution in [0.5, 0.6) is 11.5 Å². The summed E-state index contributed by atoms with van der Waals surface area (Å²) in [5, 5.41) is 0.871. The number of aromatic nitrogens is 1. The van der Waals surface area contributed by atoms with Gasteiger partial charge in [-0.3, -0.25) is 4.79 Å². The molecule has 0 unspecified atom stereocenters. The molecule has 0 N–H and O–H groups in total. The second kappa shape index (κ2) is 10.4. The number of hydrogen-bond donors (Lipinski definition) is 0. The van der Waals surface area contributed by atoms with Gasteiger partial charge in [0.05, 0.1) is 17.2 Å². The Morgan fingerprint density at radius 1 is 0.939 bits per heavy atom. The van der Waals surface area contributed by atoms with E-state index < -0.39 is 0 Å². The average molecular weight is 478 g/mol. The van der Waals surface area contributed by atoms with Crippen molar-refractivity contribution < 1.29 is 14.3 Å². The quantitative estimate of drug-likeness (QED) is 0.198. The maximum absolute atomic E-state index is 12.8. The zero-order chi connectivity index (χ0) is 23.2. The number of para-hydroxylation sites is 1. The lowest BCUT2D eigenvalue weighted by molar-refractivity contribution is 0.104. The maximum atomic E-state index is 12.8. The molecule has 3 aromatic carbocycles. The molecule has 1 heterocycles. The molecule has 1 aromatic heterocycles. The molecule has 0 amide bonds. The largest absolute Gasteiger partial charge is 0.496 e. The molecule has 166 valence electrons. The molecule has 0 bridgehead atoms. The number of allylic oxidation sites excluding steroid dienone is 1. The molecule has 33 heavy (non-hydrogen) atoms. The van der Waals surface area contributed by atoms with E-state index in [1.807, 2.05) is 65.5 Å². The normalized spacial score (nSPS) is 11.0. The molecule has 4 aromatic rings. The lowest BCUT2D eigenvalue weighted by Crippen LogP contribution is -2.00. The zero-order valence-corrected chi connectivity index (χ0v) is 19.4. The van der Waals surface area contributed by atoms with Gasteiger partial charge < -0.3 is 14.0 Å². The predicted octanol–water partition coefficient (Wildman–Crippen LogP) is 7.27. The van der Waals surface area contributed by atoms with Gasteiger partial charge in [0.15, 0.2) is 11.5 Å². The lowest BCUT2D eigenvalue weighted by Gasteiger charge is -2.13. The Kier molecular flexibility index (Phi) is 7.18. The van der Waals surface area contributed by atoms with Crippen molar-refractivity contribution in [2.45, 2.75) is 6.61 Å². The van der Waals surface area contributed by atoms with Crippen LogP contribution in [0.1, 0.15) is 21.5 Å². The van der Waals surface area contributed by atoms with E-state index in [0.29, 0.717) is 27.1 Å². The number of carbonyl (C=O) groups is 1. The summed E-state index contributed by atoms with van der Waals surface area (Å²) in [5.41, 5.74) is 3.19. The molecule has 0 fully saturated rings. The second-order valence-electron chi connectivity index (χ2n) is 7.25. The van der Waals surface area contributed by atoms with Gasteiger partial charge >= 0.3 is 0 Å². The van der Waals surface area contributed by atoms with Gasteiger partial charge in [-0.1, -0.05) is 53.5 Å². The minimum atomic E-state index is -0.0829. The topological polar surface area (TPSA) is 40.5 Å². The van der Waals surface area contributed by atoms with E-state index in [-0.39, 0.29) is 12.4 Å². The Balaban J connectivity index is 1.51. The van der Waals surface area contributed by atoms with E-state index >= 15 is 0 Å². The van der Waals surface area contributed by atoms with Crippen LogP contribution in [0.15, 0.2) is 91.3 Å². The molecule has 0 aliphatic rings. The molecule has 0 aliphatic heterocycles. The number of methoxy groups -OCH3 is 1. The van der Waals surface area contributed by atoms with Gasteiger partial charge in [-0.2, -0.15) is 0 Å². The van der Waals surface area contributed by atoms with Crippen molar-refractivity contribution in [3.05, 3.63) is 118 Å². The van der Waals surface area contributed by atoms with Gasteiger partial charge in [0, 0.05) is 29.2 Å². The van der Waals surface area contributed by atoms with Crippen molar-refractivity contribution in [3.63, 3.8) is 0 Å². The van der Waals surface area contributed by atoms with Crippen LogP contribution in [0.3, 0.4) is 0 Å². The Morgan fingerprint density at radius 2 is 1.67 bits per heavy atom. The number of rotatable bonds is 8. The van der Waals surface area contributed by atoms with Gasteiger partial charge in [-0.15, -0.1) is 0 Å². The molecule has 6 heteroatoms. The molecule has 0 saturated carbocycles. The van der Waals surface area contributed by atoms with Crippen LogP contribution >= 0.6 is 23.2 Å². The van der Waals surface area contributed by atoms with Crippen molar-refractivity contribution in [2.75, 3.05) is 7.11 Å². The third-order valence-electron chi connectivity index (χ3n) is 5.06. The van der Waals surface area contributed by atoms with E-state index in [0.717, 1.165) is 16.8 Å². The molecule has 0 radical (unpaired) electrons. The van der Waals surface area contributed by atoms with Crippen molar-refractivity contribution >= 4 is 35.1 Å². The molecule has 0 spiro atoms. The summed E-state index contributed by atoms with van der Waals surface area (Å²) >= 11 is 12.4. The van der Waals surface area contributed by atoms with Crippen molar-refractivity contribution in [3.8, 4) is 17.2 Å². The summed E-state index contributed by atoms with van der Waals surface area (Å²) in [5.74, 6) is 1.00. The highest BCUT2D eigenvalue weighted by Crippen LogP contribution is 2.34. The highest BCUT2D eigenvalue weighted by molar-refractivity contribution is 6.37. The van der Waals surface area contributed by atoms with Crippen LogP contribution < -0.4 is 9.47 Å². The summed E-state index contributed by atoms with van der Waals surface area (Å²) in [4.78, 5) is 12.8. The van der Waals surface area contributed by atoms with Crippen LogP contribution in [0, 0.1) is 0 Å². The summed E-state index contributed by atoms with van der Waals surface area (Å²) in [6, 6.07) is 22.2. The van der Waals surface area contributed by atoms with Gasteiger partial charge in [0.1, 0.15) is 12.4 Å². The Bertz CT molecular complexity index is 1280. The third-order valence-corrected chi connectivity index (χ3v) is 5.65. The Morgan fingerprint density at radius 3 is 2.39 bits per heavy atom. The van der Waals surface area contributed by atoms with Crippen LogP contribution in [0.4, 0.5) is 0 Å². The Labute approximate surface area is 202 Å². The van der Waals surface area contributed by atoms with Crippen molar-refractivity contribution in [1.29, 1.82) is 0 Å². The third kappa shape index (κ3) is 5.48. The van der Waals surface area contributed by atoms with E-state index in [1.54, 1.807) is 43.5 Å². The number of ketones is 1. The van der Waals surface area contributed by atoms with Crippen LogP contribution in [0.2, 0.25) is 10.0 Å². The molecule has 0 atom stereocenters. The first-order valence-electron chi connectivity index (χ1n) is 10.2. The molecule has 0 saturated heterocycles. The molecule has 0 aliphatic carbocycles. The van der Waals surface area contributed by atoms with E-state index in [4.69, 9.17) is 32.7 Å². The number of nitrogens with zero attached hydrogens (tertiary/aromatic N) is 1. The van der Waals surface area contributed by atoms with Gasteiger partial charge in [0.2, 0.25) is 0 Å². The number of halogens is 2. The lowest BCUT2D eigenvalue weighted by atomic mass is 10.1. The SMILES string of the molecule is COc1ccc(/C=C/C(=O)c2cccc(-n3cccc3)c2)cc1COc1c(Cl)cccc1Cl. The van der Waals surface area contributed by atoms with Crippen molar-refractivity contribution in [1.82, 2.24) is 4.57 Å². The second-order valence-corrected chi connectivity index (χ2v) is 8.06. The monoisotopic (exact) mass is 477 g/mol. The van der Waals surface area contributed by atoms with E-state index in [1.165, 1.54) is 0 Å². The number of hydrogen-bond acceptors (Lipinski definition) is 3. The zero-order valence-electron chi connectivity index (χ0n) is 17.9. The van der Waals surface area contributed by atoms with E-state index in [2.05, 4.69) is 0 Å². The average Bonchev–Trinajstić information content (AvgIpc) is 3.37. The fourth-order valence-corrected chi connectivity index (χ4v) is 3.89. The molecular formula is C27H21Cl2NO3. The first-order valence-corrected chi connectivity index (χ1v) is 11.0. The minimum absolute atomic E-state index is 0.0829. The van der Waals surface area contributed by atoms with Crippen LogP contribution in [-0.2, 0) is 6.61 Å². The predicted molar refractivity (Wildman–Crippen MR) is 133 cm³/mol. The van der Waals surface area contributed by atoms with Gasteiger partial charge in [-0.05, 0) is 60.2 Å². The van der Waals surface area contributed by atoms with Gasteiger partial charge in [0.25, 0.3) is 0 Å². The first kappa shape index (κ1) is 22.7. The van der Waals surface area contributed by atoms with Crippen LogP contribution in [-0.4, -0.2) is 17.5 Å².